The number of nitrogens with zero attached hydrogens (tertiary/aromatic N) is 7. The monoisotopic (exact) mass is 799 g/mol. The molecule has 15 heteroatoms. The zero-order valence-corrected chi connectivity index (χ0v) is 32.8. The van der Waals surface area contributed by atoms with E-state index >= 15 is 0 Å². The molecular formula is C41H47Cl2N9O4. The maximum absolute atomic E-state index is 13.1. The normalized spacial score (nSPS) is 22.2. The first-order valence-electron chi connectivity index (χ1n) is 19.5. The second-order valence-corrected chi connectivity index (χ2v) is 15.7. The van der Waals surface area contributed by atoms with E-state index in [-0.39, 0.29) is 42.4 Å². The Morgan fingerprint density at radius 3 is 2.52 bits per heavy atom. The standard InChI is InChI=1S/C41H46ClN9O4.ClH/c42-34-23-32(9-6-28(34)24-43)55-31-10-7-29(8-11-31)44-40(53)35-12-13-38(47-46-35)49-18-2-3-27(26-49)25-48-19-14-30(15-20-48)50-21-16-33-36(50)4-1-5-37(33)51-22-17-39(52)45-41(51)54;/h1,4-6,9,12-13,16,21,23,27,29-31H,2-3,7-8,10-11,14-15,17-20,22,25-26H2,(H,44,53)(H,45,52,54);1H. The molecule has 0 bridgehead atoms. The molecule has 5 heterocycles. The van der Waals surface area contributed by atoms with Gasteiger partial charge in [-0.1, -0.05) is 17.7 Å². The molecule has 0 spiro atoms. The van der Waals surface area contributed by atoms with Crippen molar-refractivity contribution in [3.05, 3.63) is 77.1 Å². The van der Waals surface area contributed by atoms with Crippen LogP contribution in [0.5, 0.6) is 5.75 Å². The first-order valence-corrected chi connectivity index (χ1v) is 19.9. The van der Waals surface area contributed by atoms with Gasteiger partial charge in [-0.25, -0.2) is 4.79 Å². The van der Waals surface area contributed by atoms with Gasteiger partial charge in [0, 0.05) is 75.4 Å². The minimum absolute atomic E-state index is 0. The fraction of sp³-hybridized carbons (Fsp3) is 0.463. The first-order chi connectivity index (χ1) is 26.8. The predicted molar refractivity (Wildman–Crippen MR) is 217 cm³/mol. The summed E-state index contributed by atoms with van der Waals surface area (Å²) >= 11 is 6.16. The number of imide groups is 1. The van der Waals surface area contributed by atoms with Crippen molar-refractivity contribution in [1.82, 2.24) is 30.3 Å². The lowest BCUT2D eigenvalue weighted by Gasteiger charge is -2.39. The Labute approximate surface area is 337 Å². The van der Waals surface area contributed by atoms with E-state index in [0.29, 0.717) is 47.0 Å². The second kappa shape index (κ2) is 17.5. The molecule has 3 saturated heterocycles. The van der Waals surface area contributed by atoms with Crippen LogP contribution < -0.4 is 25.2 Å². The Balaban J connectivity index is 0.00000480. The summed E-state index contributed by atoms with van der Waals surface area (Å²) in [6, 6.07) is 19.1. The molecule has 1 atom stereocenters. The van der Waals surface area contributed by atoms with Gasteiger partial charge in [-0.05, 0) is 99.7 Å². The molecule has 294 valence electrons. The van der Waals surface area contributed by atoms with Crippen LogP contribution in [-0.4, -0.2) is 88.9 Å². The zero-order valence-electron chi connectivity index (χ0n) is 31.2. The number of benzene rings is 2. The van der Waals surface area contributed by atoms with E-state index in [2.05, 4.69) is 59.6 Å². The Hall–Kier alpha value is -4.90. The smallest absolute Gasteiger partial charge is 0.328 e. The molecule has 3 aliphatic heterocycles. The van der Waals surface area contributed by atoms with Gasteiger partial charge in [0.05, 0.1) is 27.9 Å². The van der Waals surface area contributed by atoms with Crippen LogP contribution in [-0.2, 0) is 4.79 Å². The highest BCUT2D eigenvalue weighted by Crippen LogP contribution is 2.34. The van der Waals surface area contributed by atoms with Crippen molar-refractivity contribution in [2.24, 2.45) is 5.92 Å². The molecule has 0 radical (unpaired) electrons. The third-order valence-corrected chi connectivity index (χ3v) is 12.0. The van der Waals surface area contributed by atoms with Crippen LogP contribution in [0.1, 0.15) is 79.9 Å². The van der Waals surface area contributed by atoms with Crippen LogP contribution in [0.3, 0.4) is 0 Å². The van der Waals surface area contributed by atoms with Crippen LogP contribution >= 0.6 is 24.0 Å². The first kappa shape index (κ1) is 39.3. The van der Waals surface area contributed by atoms with Crippen molar-refractivity contribution in [2.75, 3.05) is 49.1 Å². The van der Waals surface area contributed by atoms with E-state index in [1.807, 2.05) is 18.2 Å². The van der Waals surface area contributed by atoms with Crippen LogP contribution in [0.2, 0.25) is 5.02 Å². The Morgan fingerprint density at radius 2 is 1.79 bits per heavy atom. The van der Waals surface area contributed by atoms with Gasteiger partial charge in [0.1, 0.15) is 11.8 Å². The number of rotatable bonds is 9. The van der Waals surface area contributed by atoms with Gasteiger partial charge in [-0.15, -0.1) is 22.6 Å². The Morgan fingerprint density at radius 1 is 0.964 bits per heavy atom. The summed E-state index contributed by atoms with van der Waals surface area (Å²) in [6.07, 6.45) is 10.1. The number of carbonyl (C=O) groups excluding carboxylic acids is 3. The number of halogens is 2. The number of ether oxygens (including phenoxy) is 1. The lowest BCUT2D eigenvalue weighted by atomic mass is 9.92. The lowest BCUT2D eigenvalue weighted by Crippen LogP contribution is -2.49. The number of amides is 4. The average molecular weight is 801 g/mol. The summed E-state index contributed by atoms with van der Waals surface area (Å²) in [7, 11) is 0. The van der Waals surface area contributed by atoms with E-state index < -0.39 is 0 Å². The third kappa shape index (κ3) is 8.73. The van der Waals surface area contributed by atoms with Gasteiger partial charge < -0.3 is 24.4 Å². The summed E-state index contributed by atoms with van der Waals surface area (Å²) in [5, 5.41) is 24.9. The number of anilines is 2. The van der Waals surface area contributed by atoms with Crippen LogP contribution in [0, 0.1) is 17.2 Å². The van der Waals surface area contributed by atoms with E-state index in [9.17, 15) is 14.4 Å². The minimum Gasteiger partial charge on any atom is -0.490 e. The molecule has 13 nitrogen and oxygen atoms in total. The molecule has 2 N–H and O–H groups in total. The fourth-order valence-electron chi connectivity index (χ4n) is 8.74. The van der Waals surface area contributed by atoms with Gasteiger partial charge in [0.25, 0.3) is 5.91 Å². The number of hydrogen-bond acceptors (Lipinski definition) is 9. The number of nitriles is 1. The molecule has 1 unspecified atom stereocenters. The van der Waals surface area contributed by atoms with Crippen LogP contribution in [0.25, 0.3) is 10.9 Å². The van der Waals surface area contributed by atoms with Crippen LogP contribution in [0.15, 0.2) is 60.8 Å². The molecule has 4 aliphatic rings. The van der Waals surface area contributed by atoms with E-state index in [0.717, 1.165) is 100 Å². The zero-order chi connectivity index (χ0) is 37.9. The molecule has 2 aromatic carbocycles. The fourth-order valence-corrected chi connectivity index (χ4v) is 8.95. The van der Waals surface area contributed by atoms with Crippen molar-refractivity contribution in [1.29, 1.82) is 5.26 Å². The molecular weight excluding hydrogens is 753 g/mol. The summed E-state index contributed by atoms with van der Waals surface area (Å²) in [6.45, 7) is 5.34. The highest BCUT2D eigenvalue weighted by Gasteiger charge is 2.30. The maximum Gasteiger partial charge on any atom is 0.328 e. The number of fused-ring (bicyclic) bond motifs is 1. The van der Waals surface area contributed by atoms with Gasteiger partial charge >= 0.3 is 6.03 Å². The highest BCUT2D eigenvalue weighted by atomic mass is 35.5. The molecule has 1 aliphatic carbocycles. The van der Waals surface area contributed by atoms with Crippen molar-refractivity contribution in [3.63, 3.8) is 0 Å². The number of hydrogen-bond donors (Lipinski definition) is 2. The Bertz CT molecular complexity index is 2090. The van der Waals surface area contributed by atoms with E-state index in [4.69, 9.17) is 21.6 Å². The number of nitrogens with one attached hydrogen (secondary N) is 2. The Kier molecular flexibility index (Phi) is 12.3. The summed E-state index contributed by atoms with van der Waals surface area (Å²) < 4.78 is 8.46. The van der Waals surface area contributed by atoms with E-state index in [1.54, 1.807) is 29.2 Å². The molecule has 4 fully saturated rings. The van der Waals surface area contributed by atoms with Gasteiger partial charge in [0.15, 0.2) is 11.5 Å². The minimum atomic E-state index is -0.357. The molecule has 4 amide bonds. The molecule has 8 rings (SSSR count). The van der Waals surface area contributed by atoms with Crippen LogP contribution in [0.4, 0.5) is 16.3 Å². The lowest BCUT2D eigenvalue weighted by molar-refractivity contribution is -0.120. The largest absolute Gasteiger partial charge is 0.490 e. The second-order valence-electron chi connectivity index (χ2n) is 15.3. The maximum atomic E-state index is 13.1. The quantitative estimate of drug-likeness (QED) is 0.194. The predicted octanol–water partition coefficient (Wildman–Crippen LogP) is 6.50. The van der Waals surface area contributed by atoms with E-state index in [1.165, 1.54) is 6.42 Å². The van der Waals surface area contributed by atoms with Crippen molar-refractivity contribution < 1.29 is 19.1 Å². The topological polar surface area (TPSA) is 149 Å². The molecule has 56 heavy (non-hydrogen) atoms. The van der Waals surface area contributed by atoms with Crippen molar-refractivity contribution in [2.45, 2.75) is 76.0 Å². The number of likely N-dealkylation sites (tertiary alicyclic amines) is 1. The third-order valence-electron chi connectivity index (χ3n) is 11.7. The highest BCUT2D eigenvalue weighted by molar-refractivity contribution is 6.31. The van der Waals surface area contributed by atoms with Crippen molar-refractivity contribution >= 4 is 64.3 Å². The molecule has 1 saturated carbocycles. The van der Waals surface area contributed by atoms with Gasteiger partial charge in [-0.2, -0.15) is 5.26 Å². The number of carbonyl (C=O) groups is 3. The number of piperidine rings is 2. The number of urea groups is 1. The van der Waals surface area contributed by atoms with Gasteiger partial charge in [0.2, 0.25) is 5.91 Å². The van der Waals surface area contributed by atoms with Crippen molar-refractivity contribution in [3.8, 4) is 11.8 Å². The SMILES string of the molecule is Cl.N#Cc1ccc(OC2CCC(NC(=O)c3ccc(N4CCCC(CN5CCC(n6ccc7c(N8CCC(=O)NC8=O)cccc76)CC5)C4)nn3)CC2)cc1Cl. The summed E-state index contributed by atoms with van der Waals surface area (Å²) in [5.74, 6) is 1.56. The molecule has 2 aromatic heterocycles. The summed E-state index contributed by atoms with van der Waals surface area (Å²) in [4.78, 5) is 43.9. The number of aromatic nitrogens is 3. The molecule has 4 aromatic rings. The average Bonchev–Trinajstić information content (AvgIpc) is 3.64. The van der Waals surface area contributed by atoms with Gasteiger partial charge in [-0.3, -0.25) is 19.8 Å². The summed E-state index contributed by atoms with van der Waals surface area (Å²) in [5.41, 5.74) is 2.71.